The third-order valence-electron chi connectivity index (χ3n) is 3.91. The molecular formula is C18H23N3O5S. The number of nitrogens with one attached hydrogen (secondary N) is 2. The number of hydrogen-bond acceptors (Lipinski definition) is 5. The van der Waals surface area contributed by atoms with Crippen LogP contribution < -0.4 is 10.6 Å². The first-order valence-corrected chi connectivity index (χ1v) is 10.00. The van der Waals surface area contributed by atoms with E-state index in [9.17, 15) is 18.0 Å². The van der Waals surface area contributed by atoms with Gasteiger partial charge < -0.3 is 15.1 Å². The molecule has 0 spiro atoms. The molecule has 2 amide bonds. The molecule has 2 aromatic rings. The second kappa shape index (κ2) is 9.33. The highest BCUT2D eigenvalue weighted by molar-refractivity contribution is 7.89. The van der Waals surface area contributed by atoms with Gasteiger partial charge in [0.2, 0.25) is 15.9 Å². The molecular weight excluding hydrogens is 370 g/mol. The Hall–Kier alpha value is -2.65. The van der Waals surface area contributed by atoms with Crippen LogP contribution in [-0.4, -0.2) is 44.2 Å². The third-order valence-corrected chi connectivity index (χ3v) is 5.97. The van der Waals surface area contributed by atoms with Crippen LogP contribution >= 0.6 is 0 Å². The Labute approximate surface area is 158 Å². The number of carbonyl (C=O) groups excluding carboxylic acids is 2. The second-order valence-corrected chi connectivity index (χ2v) is 7.59. The lowest BCUT2D eigenvalue weighted by atomic mass is 10.2. The highest BCUT2D eigenvalue weighted by Crippen LogP contribution is 2.16. The lowest BCUT2D eigenvalue weighted by Gasteiger charge is -2.18. The highest BCUT2D eigenvalue weighted by Gasteiger charge is 2.21. The van der Waals surface area contributed by atoms with Crippen molar-refractivity contribution in [1.29, 1.82) is 0 Å². The number of benzene rings is 1. The fourth-order valence-corrected chi connectivity index (χ4v) is 3.87. The van der Waals surface area contributed by atoms with E-state index in [1.165, 1.54) is 34.8 Å². The van der Waals surface area contributed by atoms with Gasteiger partial charge >= 0.3 is 0 Å². The molecule has 27 heavy (non-hydrogen) atoms. The molecule has 0 atom stereocenters. The largest absolute Gasteiger partial charge is 0.467 e. The quantitative estimate of drug-likeness (QED) is 0.669. The number of furan rings is 1. The van der Waals surface area contributed by atoms with Crippen molar-refractivity contribution in [1.82, 2.24) is 14.9 Å². The molecule has 0 saturated carbocycles. The third kappa shape index (κ3) is 5.41. The van der Waals surface area contributed by atoms with Crippen molar-refractivity contribution < 1.29 is 22.4 Å². The number of amides is 2. The average molecular weight is 393 g/mol. The summed E-state index contributed by atoms with van der Waals surface area (Å²) >= 11 is 0. The first-order valence-electron chi connectivity index (χ1n) is 8.56. The van der Waals surface area contributed by atoms with E-state index in [1.54, 1.807) is 26.0 Å². The highest BCUT2D eigenvalue weighted by atomic mass is 32.2. The van der Waals surface area contributed by atoms with Crippen LogP contribution in [-0.2, 0) is 21.4 Å². The van der Waals surface area contributed by atoms with Crippen molar-refractivity contribution in [3.63, 3.8) is 0 Å². The molecule has 0 aliphatic rings. The van der Waals surface area contributed by atoms with E-state index >= 15 is 0 Å². The van der Waals surface area contributed by atoms with E-state index in [1.807, 2.05) is 0 Å². The summed E-state index contributed by atoms with van der Waals surface area (Å²) < 4.78 is 31.3. The normalized spacial score (nSPS) is 11.4. The summed E-state index contributed by atoms with van der Waals surface area (Å²) in [5.74, 6) is -0.213. The van der Waals surface area contributed by atoms with E-state index in [-0.39, 0.29) is 29.5 Å². The zero-order valence-corrected chi connectivity index (χ0v) is 16.1. The van der Waals surface area contributed by atoms with Crippen molar-refractivity contribution in [2.45, 2.75) is 25.3 Å². The Kier molecular flexibility index (Phi) is 7.14. The first kappa shape index (κ1) is 20.7. The number of sulfonamides is 1. The van der Waals surface area contributed by atoms with Crippen LogP contribution in [0.15, 0.2) is 52.0 Å². The van der Waals surface area contributed by atoms with Crippen LogP contribution in [0.4, 0.5) is 0 Å². The van der Waals surface area contributed by atoms with E-state index in [2.05, 4.69) is 10.6 Å². The number of nitrogens with zero attached hydrogens (tertiary/aromatic N) is 1. The van der Waals surface area contributed by atoms with Gasteiger partial charge in [0.25, 0.3) is 5.91 Å². The standard InChI is InChI=1S/C18H23N3O5S/c1-3-21(4-2)27(24,25)16-9-7-14(8-10-16)18(23)20-13-17(22)19-12-15-6-5-11-26-15/h5-11H,3-4,12-13H2,1-2H3,(H,19,22)(H,20,23). The summed E-state index contributed by atoms with van der Waals surface area (Å²) in [6.07, 6.45) is 1.51. The van der Waals surface area contributed by atoms with Crippen LogP contribution in [0.1, 0.15) is 30.0 Å². The van der Waals surface area contributed by atoms with Crippen LogP contribution in [0.3, 0.4) is 0 Å². The van der Waals surface area contributed by atoms with Crippen molar-refractivity contribution in [2.24, 2.45) is 0 Å². The number of rotatable bonds is 9. The molecule has 0 saturated heterocycles. The van der Waals surface area contributed by atoms with Gasteiger partial charge in [-0.25, -0.2) is 8.42 Å². The molecule has 0 radical (unpaired) electrons. The summed E-state index contributed by atoms with van der Waals surface area (Å²) in [4.78, 5) is 24.0. The Morgan fingerprint density at radius 1 is 1.04 bits per heavy atom. The summed E-state index contributed by atoms with van der Waals surface area (Å²) in [7, 11) is -3.57. The Balaban J connectivity index is 1.90. The molecule has 0 fully saturated rings. The Morgan fingerprint density at radius 2 is 1.70 bits per heavy atom. The molecule has 0 aliphatic carbocycles. The minimum atomic E-state index is -3.57. The smallest absolute Gasteiger partial charge is 0.251 e. The van der Waals surface area contributed by atoms with Crippen LogP contribution in [0.5, 0.6) is 0 Å². The Bertz CT molecular complexity index is 857. The maximum atomic E-state index is 12.4. The predicted octanol–water partition coefficient (Wildman–Crippen LogP) is 1.36. The minimum absolute atomic E-state index is 0.124. The van der Waals surface area contributed by atoms with Gasteiger partial charge in [0.1, 0.15) is 5.76 Å². The Morgan fingerprint density at radius 3 is 2.26 bits per heavy atom. The van der Waals surface area contributed by atoms with Gasteiger partial charge in [0, 0.05) is 18.7 Å². The van der Waals surface area contributed by atoms with Gasteiger partial charge in [-0.2, -0.15) is 4.31 Å². The summed E-state index contributed by atoms with van der Waals surface area (Å²) in [5, 5.41) is 5.10. The number of hydrogen-bond donors (Lipinski definition) is 2. The summed E-state index contributed by atoms with van der Waals surface area (Å²) in [6.45, 7) is 4.31. The van der Waals surface area contributed by atoms with Gasteiger partial charge in [-0.3, -0.25) is 9.59 Å². The fraction of sp³-hybridized carbons (Fsp3) is 0.333. The molecule has 0 unspecified atom stereocenters. The molecule has 0 aliphatic heterocycles. The molecule has 146 valence electrons. The van der Waals surface area contributed by atoms with Crippen LogP contribution in [0.2, 0.25) is 0 Å². The van der Waals surface area contributed by atoms with Crippen molar-refractivity contribution in [2.75, 3.05) is 19.6 Å². The maximum absolute atomic E-state index is 12.4. The molecule has 1 aromatic heterocycles. The molecule has 2 rings (SSSR count). The molecule has 0 bridgehead atoms. The zero-order chi connectivity index (χ0) is 19.9. The van der Waals surface area contributed by atoms with Crippen molar-refractivity contribution in [3.8, 4) is 0 Å². The first-order chi connectivity index (χ1) is 12.9. The van der Waals surface area contributed by atoms with Crippen LogP contribution in [0.25, 0.3) is 0 Å². The van der Waals surface area contributed by atoms with Gasteiger partial charge in [-0.1, -0.05) is 13.8 Å². The number of carbonyl (C=O) groups is 2. The van der Waals surface area contributed by atoms with E-state index in [4.69, 9.17) is 4.42 Å². The summed E-state index contributed by atoms with van der Waals surface area (Å²) in [6, 6.07) is 9.07. The van der Waals surface area contributed by atoms with E-state index < -0.39 is 15.9 Å². The van der Waals surface area contributed by atoms with Crippen molar-refractivity contribution >= 4 is 21.8 Å². The second-order valence-electron chi connectivity index (χ2n) is 5.65. The minimum Gasteiger partial charge on any atom is -0.467 e. The van der Waals surface area contributed by atoms with Gasteiger partial charge in [-0.05, 0) is 36.4 Å². The van der Waals surface area contributed by atoms with Crippen LogP contribution in [0, 0.1) is 0 Å². The summed E-state index contributed by atoms with van der Waals surface area (Å²) in [5.41, 5.74) is 0.271. The topological polar surface area (TPSA) is 109 Å². The monoisotopic (exact) mass is 393 g/mol. The lowest BCUT2D eigenvalue weighted by molar-refractivity contribution is -0.120. The molecule has 2 N–H and O–H groups in total. The predicted molar refractivity (Wildman–Crippen MR) is 99.4 cm³/mol. The van der Waals surface area contributed by atoms with Crippen molar-refractivity contribution in [3.05, 3.63) is 54.0 Å². The molecule has 9 heteroatoms. The van der Waals surface area contributed by atoms with Gasteiger partial charge in [-0.15, -0.1) is 0 Å². The molecule has 1 aromatic carbocycles. The fourth-order valence-electron chi connectivity index (χ4n) is 2.41. The maximum Gasteiger partial charge on any atom is 0.251 e. The zero-order valence-electron chi connectivity index (χ0n) is 15.3. The van der Waals surface area contributed by atoms with Gasteiger partial charge in [0.05, 0.1) is 24.2 Å². The molecule has 1 heterocycles. The molecule has 8 nitrogen and oxygen atoms in total. The SMILES string of the molecule is CCN(CC)S(=O)(=O)c1ccc(C(=O)NCC(=O)NCc2ccco2)cc1. The van der Waals surface area contributed by atoms with E-state index in [0.717, 1.165) is 0 Å². The lowest BCUT2D eigenvalue weighted by Crippen LogP contribution is -2.36. The van der Waals surface area contributed by atoms with Gasteiger partial charge in [0.15, 0.2) is 0 Å². The van der Waals surface area contributed by atoms with E-state index in [0.29, 0.717) is 18.8 Å². The average Bonchev–Trinajstić information content (AvgIpc) is 3.19.